The fourth-order valence-corrected chi connectivity index (χ4v) is 4.51. The Kier molecular flexibility index (Phi) is 8.05. The second-order valence-corrected chi connectivity index (χ2v) is 9.58. The first-order valence-corrected chi connectivity index (χ1v) is 11.7. The van der Waals surface area contributed by atoms with Gasteiger partial charge in [0, 0.05) is 19.1 Å². The van der Waals surface area contributed by atoms with Gasteiger partial charge in [-0.25, -0.2) is 0 Å². The van der Waals surface area contributed by atoms with Gasteiger partial charge in [-0.05, 0) is 54.7 Å². The number of nitrogens with one attached hydrogen (secondary N) is 2. The molecule has 0 bridgehead atoms. The molecular weight excluding hydrogens is 394 g/mol. The first-order valence-electron chi connectivity index (χ1n) is 10.9. The van der Waals surface area contributed by atoms with Crippen LogP contribution in [0.2, 0.25) is 0 Å². The molecule has 2 heterocycles. The van der Waals surface area contributed by atoms with Gasteiger partial charge < -0.3 is 10.6 Å². The number of piperidine rings is 1. The van der Waals surface area contributed by atoms with E-state index in [1.807, 2.05) is 24.4 Å². The van der Waals surface area contributed by atoms with E-state index in [9.17, 15) is 9.59 Å². The Morgan fingerprint density at radius 1 is 1.10 bits per heavy atom. The van der Waals surface area contributed by atoms with Crippen LogP contribution >= 0.6 is 11.3 Å². The zero-order valence-electron chi connectivity index (χ0n) is 18.2. The maximum Gasteiger partial charge on any atom is 0.261 e. The molecule has 1 aliphatic rings. The maximum atomic E-state index is 12.5. The van der Waals surface area contributed by atoms with Crippen molar-refractivity contribution in [1.29, 1.82) is 0 Å². The average Bonchev–Trinajstić information content (AvgIpc) is 3.24. The molecule has 1 aromatic carbocycles. The van der Waals surface area contributed by atoms with Gasteiger partial charge in [0.1, 0.15) is 0 Å². The van der Waals surface area contributed by atoms with Crippen LogP contribution in [0, 0.1) is 5.92 Å². The Labute approximate surface area is 183 Å². The third-order valence-electron chi connectivity index (χ3n) is 5.54. The lowest BCUT2D eigenvalue weighted by Crippen LogP contribution is -2.47. The Morgan fingerprint density at radius 2 is 1.80 bits per heavy atom. The molecule has 30 heavy (non-hydrogen) atoms. The van der Waals surface area contributed by atoms with Crippen LogP contribution < -0.4 is 10.6 Å². The third-order valence-corrected chi connectivity index (χ3v) is 6.40. The molecule has 0 spiro atoms. The molecule has 0 aliphatic carbocycles. The van der Waals surface area contributed by atoms with Crippen LogP contribution in [0.25, 0.3) is 0 Å². The highest BCUT2D eigenvalue weighted by molar-refractivity contribution is 7.12. The van der Waals surface area contributed by atoms with E-state index in [1.54, 1.807) is 0 Å². The number of thiophene rings is 1. The Hall–Kier alpha value is -2.18. The highest BCUT2D eigenvalue weighted by Gasteiger charge is 2.23. The van der Waals surface area contributed by atoms with E-state index in [4.69, 9.17) is 0 Å². The Bertz CT molecular complexity index is 809. The first kappa shape index (κ1) is 22.5. The minimum Gasteiger partial charge on any atom is -0.349 e. The summed E-state index contributed by atoms with van der Waals surface area (Å²) >= 11 is 1.46. The highest BCUT2D eigenvalue weighted by atomic mass is 32.1. The van der Waals surface area contributed by atoms with Gasteiger partial charge >= 0.3 is 0 Å². The summed E-state index contributed by atoms with van der Waals surface area (Å²) in [7, 11) is 0. The fourth-order valence-electron chi connectivity index (χ4n) is 3.89. The second kappa shape index (κ2) is 10.7. The van der Waals surface area contributed by atoms with Crippen molar-refractivity contribution in [2.24, 2.45) is 5.92 Å². The van der Waals surface area contributed by atoms with Crippen LogP contribution in [0.3, 0.4) is 0 Å². The van der Waals surface area contributed by atoms with Crippen molar-refractivity contribution in [2.75, 3.05) is 19.6 Å². The lowest BCUT2D eigenvalue weighted by Gasteiger charge is -2.32. The smallest absolute Gasteiger partial charge is 0.261 e. The number of nitrogens with zero attached hydrogens (tertiary/aromatic N) is 1. The van der Waals surface area contributed by atoms with Gasteiger partial charge in [0.2, 0.25) is 5.91 Å². The predicted molar refractivity (Wildman–Crippen MR) is 123 cm³/mol. The number of amides is 2. The molecule has 1 unspecified atom stereocenters. The Morgan fingerprint density at radius 3 is 2.40 bits per heavy atom. The number of benzene rings is 1. The molecule has 2 aromatic rings. The number of rotatable bonds is 8. The molecule has 1 aromatic heterocycles. The fraction of sp³-hybridized carbons (Fsp3) is 0.500. The van der Waals surface area contributed by atoms with Crippen LogP contribution in [0.15, 0.2) is 41.8 Å². The largest absolute Gasteiger partial charge is 0.349 e. The lowest BCUT2D eigenvalue weighted by molar-refractivity contribution is -0.123. The van der Waals surface area contributed by atoms with Gasteiger partial charge in [0.15, 0.2) is 0 Å². The van der Waals surface area contributed by atoms with Gasteiger partial charge in [0.25, 0.3) is 5.91 Å². The van der Waals surface area contributed by atoms with Gasteiger partial charge in [0.05, 0.1) is 17.5 Å². The van der Waals surface area contributed by atoms with Crippen LogP contribution in [0.1, 0.15) is 60.5 Å². The van der Waals surface area contributed by atoms with E-state index < -0.39 is 0 Å². The predicted octanol–water partition coefficient (Wildman–Crippen LogP) is 4.02. The van der Waals surface area contributed by atoms with Crippen molar-refractivity contribution in [3.63, 3.8) is 0 Å². The zero-order chi connectivity index (χ0) is 21.5. The normalized spacial score (nSPS) is 16.4. The zero-order valence-corrected chi connectivity index (χ0v) is 19.0. The topological polar surface area (TPSA) is 61.4 Å². The van der Waals surface area contributed by atoms with E-state index in [0.717, 1.165) is 42.8 Å². The van der Waals surface area contributed by atoms with Gasteiger partial charge in [-0.3, -0.25) is 14.5 Å². The van der Waals surface area contributed by atoms with E-state index in [-0.39, 0.29) is 23.9 Å². The molecule has 2 N–H and O–H groups in total. The summed E-state index contributed by atoms with van der Waals surface area (Å²) in [5.41, 5.74) is 2.46. The number of hydrogen-bond donors (Lipinski definition) is 2. The van der Waals surface area contributed by atoms with Crippen LogP contribution in [0.5, 0.6) is 0 Å². The van der Waals surface area contributed by atoms with Crippen LogP contribution in [-0.2, 0) is 11.2 Å². The van der Waals surface area contributed by atoms with Crippen molar-refractivity contribution in [3.8, 4) is 0 Å². The van der Waals surface area contributed by atoms with Crippen molar-refractivity contribution < 1.29 is 9.59 Å². The van der Waals surface area contributed by atoms with Crippen LogP contribution in [0.4, 0.5) is 0 Å². The summed E-state index contributed by atoms with van der Waals surface area (Å²) in [5, 5.41) is 8.14. The van der Waals surface area contributed by atoms with Crippen molar-refractivity contribution in [1.82, 2.24) is 15.5 Å². The molecule has 5 nitrogen and oxygen atoms in total. The van der Waals surface area contributed by atoms with E-state index in [0.29, 0.717) is 12.5 Å². The molecule has 162 valence electrons. The third kappa shape index (κ3) is 6.67. The highest BCUT2D eigenvalue weighted by Crippen LogP contribution is 2.16. The quantitative estimate of drug-likeness (QED) is 0.669. The second-order valence-electron chi connectivity index (χ2n) is 8.63. The molecule has 1 fully saturated rings. The SMILES string of the molecule is CC(C)Cc1ccc(C(C)NC(=O)CN2CCC(NC(=O)c3cccs3)CC2)cc1. The monoisotopic (exact) mass is 427 g/mol. The summed E-state index contributed by atoms with van der Waals surface area (Å²) in [5.74, 6) is 0.699. The number of carbonyl (C=O) groups is 2. The van der Waals surface area contributed by atoms with Gasteiger partial charge in [-0.2, -0.15) is 0 Å². The Balaban J connectivity index is 1.39. The number of carbonyl (C=O) groups excluding carboxylic acids is 2. The standard InChI is InChI=1S/C24H33N3O2S/c1-17(2)15-19-6-8-20(9-7-19)18(3)25-23(28)16-27-12-10-21(11-13-27)26-24(29)22-5-4-14-30-22/h4-9,14,17-18,21H,10-13,15-16H2,1-3H3,(H,25,28)(H,26,29). The molecule has 1 aliphatic heterocycles. The molecule has 6 heteroatoms. The van der Waals surface area contributed by atoms with Gasteiger partial charge in [-0.15, -0.1) is 11.3 Å². The molecule has 0 radical (unpaired) electrons. The van der Waals surface area contributed by atoms with Crippen molar-refractivity contribution in [3.05, 3.63) is 57.8 Å². The average molecular weight is 428 g/mol. The molecule has 2 amide bonds. The minimum absolute atomic E-state index is 0.00627. The molecule has 1 atom stereocenters. The van der Waals surface area contributed by atoms with Crippen molar-refractivity contribution in [2.45, 2.75) is 52.1 Å². The first-order chi connectivity index (χ1) is 14.4. The summed E-state index contributed by atoms with van der Waals surface area (Å²) in [6.07, 6.45) is 2.82. The van der Waals surface area contributed by atoms with E-state index >= 15 is 0 Å². The summed E-state index contributed by atoms with van der Waals surface area (Å²) in [4.78, 5) is 27.6. The van der Waals surface area contributed by atoms with Crippen molar-refractivity contribution >= 4 is 23.2 Å². The maximum absolute atomic E-state index is 12.5. The lowest BCUT2D eigenvalue weighted by atomic mass is 10.00. The van der Waals surface area contributed by atoms with Crippen LogP contribution in [-0.4, -0.2) is 42.4 Å². The number of likely N-dealkylation sites (tertiary alicyclic amines) is 1. The van der Waals surface area contributed by atoms with E-state index in [1.165, 1.54) is 16.9 Å². The summed E-state index contributed by atoms with van der Waals surface area (Å²) in [6.45, 7) is 8.51. The summed E-state index contributed by atoms with van der Waals surface area (Å²) < 4.78 is 0. The molecular formula is C24H33N3O2S. The number of hydrogen-bond acceptors (Lipinski definition) is 4. The van der Waals surface area contributed by atoms with E-state index in [2.05, 4.69) is 53.6 Å². The molecule has 3 rings (SSSR count). The van der Waals surface area contributed by atoms with Gasteiger partial charge in [-0.1, -0.05) is 44.2 Å². The molecule has 0 saturated carbocycles. The molecule has 1 saturated heterocycles. The summed E-state index contributed by atoms with van der Waals surface area (Å²) in [6, 6.07) is 12.5. The minimum atomic E-state index is -0.00627.